The summed E-state index contributed by atoms with van der Waals surface area (Å²) in [7, 11) is 0. The number of morpholine rings is 1. The molecule has 0 aliphatic carbocycles. The molecule has 1 fully saturated rings. The Morgan fingerprint density at radius 2 is 1.90 bits per heavy atom. The third-order valence-electron chi connectivity index (χ3n) is 5.25. The Balaban J connectivity index is 1.62. The van der Waals surface area contributed by atoms with E-state index in [1.54, 1.807) is 0 Å². The number of rotatable bonds is 4. The van der Waals surface area contributed by atoms with E-state index >= 15 is 0 Å². The summed E-state index contributed by atoms with van der Waals surface area (Å²) < 4.78 is 50.5. The number of aryl methyl sites for hydroxylation is 2. The summed E-state index contributed by atoms with van der Waals surface area (Å²) in [4.78, 5) is 14.7. The lowest BCUT2D eigenvalue weighted by Crippen LogP contribution is -2.37. The number of aromatic nitrogens is 1. The Kier molecular flexibility index (Phi) is 5.62. The zero-order valence-electron chi connectivity index (χ0n) is 17.2. The zero-order valence-corrected chi connectivity index (χ0v) is 17.2. The minimum Gasteiger partial charge on any atom is -0.378 e. The van der Waals surface area contributed by atoms with Crippen LogP contribution in [0.2, 0.25) is 0 Å². The van der Waals surface area contributed by atoms with Crippen molar-refractivity contribution >= 4 is 28.3 Å². The number of amides is 1. The summed E-state index contributed by atoms with van der Waals surface area (Å²) in [6, 6.07) is 7.22. The summed E-state index contributed by atoms with van der Waals surface area (Å²) in [5, 5.41) is 7.38. The molecule has 164 valence electrons. The van der Waals surface area contributed by atoms with Gasteiger partial charge in [0.25, 0.3) is 0 Å². The Bertz CT molecular complexity index is 1120. The molecule has 1 aliphatic heterocycles. The number of ether oxygens (including phenoxy) is 1. The van der Waals surface area contributed by atoms with Gasteiger partial charge in [0.1, 0.15) is 5.69 Å². The van der Waals surface area contributed by atoms with Gasteiger partial charge in [-0.2, -0.15) is 13.2 Å². The summed E-state index contributed by atoms with van der Waals surface area (Å²) in [5.74, 6) is -0.469. The van der Waals surface area contributed by atoms with Crippen molar-refractivity contribution in [2.45, 2.75) is 26.4 Å². The number of anilines is 2. The van der Waals surface area contributed by atoms with E-state index in [9.17, 15) is 18.0 Å². The lowest BCUT2D eigenvalue weighted by atomic mass is 10.1. The summed E-state index contributed by atoms with van der Waals surface area (Å²) >= 11 is 0. The minimum atomic E-state index is -4.51. The number of hydrogen-bond donors (Lipinski definition) is 1. The summed E-state index contributed by atoms with van der Waals surface area (Å²) in [6.45, 7) is 5.82. The molecule has 1 aliphatic rings. The maximum atomic E-state index is 13.3. The van der Waals surface area contributed by atoms with E-state index in [-0.39, 0.29) is 12.1 Å². The molecule has 2 heterocycles. The maximum absolute atomic E-state index is 13.3. The van der Waals surface area contributed by atoms with Crippen molar-refractivity contribution in [2.75, 3.05) is 36.5 Å². The molecule has 4 rings (SSSR count). The van der Waals surface area contributed by atoms with Gasteiger partial charge in [0.2, 0.25) is 5.91 Å². The van der Waals surface area contributed by atoms with Crippen LogP contribution in [0.1, 0.15) is 22.4 Å². The number of hydrogen-bond acceptors (Lipinski definition) is 5. The molecule has 0 bridgehead atoms. The molecule has 3 aromatic rings. The maximum Gasteiger partial charge on any atom is 0.416 e. The quantitative estimate of drug-likeness (QED) is 0.657. The average Bonchev–Trinajstić information content (AvgIpc) is 3.10. The van der Waals surface area contributed by atoms with Gasteiger partial charge in [-0.1, -0.05) is 11.2 Å². The molecule has 1 saturated heterocycles. The standard InChI is InChI=1S/C22H22F3N3O3/c1-13-9-14(2)21-16(10-13)17(27-31-21)12-20(29)26-18-11-15(22(23,24)25)3-4-19(18)28-5-7-30-8-6-28/h3-4,9-11H,5-8,12H2,1-2H3,(H,26,29). The topological polar surface area (TPSA) is 67.6 Å². The van der Waals surface area contributed by atoms with Crippen LogP contribution < -0.4 is 10.2 Å². The van der Waals surface area contributed by atoms with Crippen molar-refractivity contribution in [2.24, 2.45) is 0 Å². The van der Waals surface area contributed by atoms with Crippen molar-refractivity contribution in [1.29, 1.82) is 0 Å². The number of alkyl halides is 3. The summed E-state index contributed by atoms with van der Waals surface area (Å²) in [5.41, 5.74) is 2.77. The van der Waals surface area contributed by atoms with Crippen LogP contribution in [0.3, 0.4) is 0 Å². The van der Waals surface area contributed by atoms with E-state index in [4.69, 9.17) is 9.26 Å². The monoisotopic (exact) mass is 433 g/mol. The molecule has 0 saturated carbocycles. The number of nitrogens with one attached hydrogen (secondary N) is 1. The fourth-order valence-corrected chi connectivity index (χ4v) is 3.81. The van der Waals surface area contributed by atoms with E-state index in [2.05, 4.69) is 10.5 Å². The molecule has 1 N–H and O–H groups in total. The molecule has 9 heteroatoms. The number of fused-ring (bicyclic) bond motifs is 1. The third kappa shape index (κ3) is 4.51. The smallest absolute Gasteiger partial charge is 0.378 e. The molecule has 0 radical (unpaired) electrons. The van der Waals surface area contributed by atoms with Gasteiger partial charge in [0, 0.05) is 18.5 Å². The van der Waals surface area contributed by atoms with Gasteiger partial charge in [-0.25, -0.2) is 0 Å². The SMILES string of the molecule is Cc1cc(C)c2onc(CC(=O)Nc3cc(C(F)(F)F)ccc3N3CCOCC3)c2c1. The third-order valence-corrected chi connectivity index (χ3v) is 5.25. The highest BCUT2D eigenvalue weighted by Gasteiger charge is 2.32. The lowest BCUT2D eigenvalue weighted by Gasteiger charge is -2.31. The number of nitrogens with zero attached hydrogens (tertiary/aromatic N) is 2. The van der Waals surface area contributed by atoms with E-state index in [1.165, 1.54) is 6.07 Å². The van der Waals surface area contributed by atoms with Crippen molar-refractivity contribution in [3.63, 3.8) is 0 Å². The minimum absolute atomic E-state index is 0.113. The lowest BCUT2D eigenvalue weighted by molar-refractivity contribution is -0.137. The molecule has 0 spiro atoms. The molecule has 0 atom stereocenters. The van der Waals surface area contributed by atoms with E-state index < -0.39 is 17.6 Å². The molecule has 31 heavy (non-hydrogen) atoms. The fourth-order valence-electron chi connectivity index (χ4n) is 3.81. The molecular formula is C22H22F3N3O3. The number of carbonyl (C=O) groups excluding carboxylic acids is 1. The summed E-state index contributed by atoms with van der Waals surface area (Å²) in [6.07, 6.45) is -4.63. The number of carbonyl (C=O) groups is 1. The first-order valence-electron chi connectivity index (χ1n) is 9.91. The first-order valence-corrected chi connectivity index (χ1v) is 9.91. The molecule has 1 aromatic heterocycles. The van der Waals surface area contributed by atoms with Crippen molar-refractivity contribution in [3.05, 3.63) is 52.7 Å². The highest BCUT2D eigenvalue weighted by atomic mass is 19.4. The average molecular weight is 433 g/mol. The predicted molar refractivity (Wildman–Crippen MR) is 110 cm³/mol. The molecular weight excluding hydrogens is 411 g/mol. The van der Waals surface area contributed by atoms with E-state index in [0.29, 0.717) is 43.3 Å². The Labute approximate surface area is 176 Å². The number of halogens is 3. The molecule has 1 amide bonds. The van der Waals surface area contributed by atoms with Crippen LogP contribution in [0.4, 0.5) is 24.5 Å². The molecule has 6 nitrogen and oxygen atoms in total. The van der Waals surface area contributed by atoms with Crippen molar-refractivity contribution < 1.29 is 27.2 Å². The van der Waals surface area contributed by atoms with Crippen molar-refractivity contribution in [3.8, 4) is 0 Å². The van der Waals surface area contributed by atoms with Crippen molar-refractivity contribution in [1.82, 2.24) is 5.16 Å². The van der Waals surface area contributed by atoms with Crippen LogP contribution in [0.5, 0.6) is 0 Å². The first kappa shape index (κ1) is 21.2. The van der Waals surface area contributed by atoms with E-state index in [0.717, 1.165) is 28.6 Å². The normalized spacial score (nSPS) is 14.8. The molecule has 2 aromatic carbocycles. The second-order valence-corrected chi connectivity index (χ2v) is 7.64. The van der Waals surface area contributed by atoms with Crippen LogP contribution >= 0.6 is 0 Å². The first-order chi connectivity index (χ1) is 14.7. The van der Waals surface area contributed by atoms with Crippen LogP contribution in [0, 0.1) is 13.8 Å². The largest absolute Gasteiger partial charge is 0.416 e. The number of benzene rings is 2. The van der Waals surface area contributed by atoms with Gasteiger partial charge in [0.05, 0.1) is 36.6 Å². The Morgan fingerprint density at radius 3 is 2.61 bits per heavy atom. The van der Waals surface area contributed by atoms with Gasteiger partial charge in [-0.15, -0.1) is 0 Å². The highest BCUT2D eigenvalue weighted by molar-refractivity contribution is 5.97. The van der Waals surface area contributed by atoms with Gasteiger partial charge >= 0.3 is 6.18 Å². The Hall–Kier alpha value is -3.07. The Morgan fingerprint density at radius 1 is 1.16 bits per heavy atom. The zero-order chi connectivity index (χ0) is 22.2. The highest BCUT2D eigenvalue weighted by Crippen LogP contribution is 2.36. The fraction of sp³-hybridized carbons (Fsp3) is 0.364. The van der Waals surface area contributed by atoms with E-state index in [1.807, 2.05) is 30.9 Å². The second-order valence-electron chi connectivity index (χ2n) is 7.64. The van der Waals surface area contributed by atoms with Gasteiger partial charge in [-0.05, 0) is 49.2 Å². The van der Waals surface area contributed by atoms with Crippen LogP contribution in [-0.4, -0.2) is 37.4 Å². The van der Waals surface area contributed by atoms with Gasteiger partial charge in [0.15, 0.2) is 5.58 Å². The van der Waals surface area contributed by atoms with Crippen LogP contribution in [-0.2, 0) is 22.1 Å². The van der Waals surface area contributed by atoms with Crippen LogP contribution in [0.25, 0.3) is 11.0 Å². The predicted octanol–water partition coefficient (Wildman–Crippen LogP) is 4.48. The second kappa shape index (κ2) is 8.22. The van der Waals surface area contributed by atoms with Gasteiger partial charge in [-0.3, -0.25) is 4.79 Å². The molecule has 0 unspecified atom stereocenters. The van der Waals surface area contributed by atoms with Gasteiger partial charge < -0.3 is 19.5 Å². The van der Waals surface area contributed by atoms with Crippen LogP contribution in [0.15, 0.2) is 34.9 Å².